The lowest BCUT2D eigenvalue weighted by Gasteiger charge is -2.23. The maximum absolute atomic E-state index is 12.3. The first-order valence-electron chi connectivity index (χ1n) is 9.05. The number of rotatable bonds is 7. The van der Waals surface area contributed by atoms with Crippen molar-refractivity contribution < 1.29 is 4.79 Å². The van der Waals surface area contributed by atoms with E-state index in [9.17, 15) is 4.79 Å². The highest BCUT2D eigenvalue weighted by Crippen LogP contribution is 2.25. The normalized spacial score (nSPS) is 13.3. The summed E-state index contributed by atoms with van der Waals surface area (Å²) in [6, 6.07) is 14.1. The van der Waals surface area contributed by atoms with E-state index in [1.807, 2.05) is 18.2 Å². The highest BCUT2D eigenvalue weighted by molar-refractivity contribution is 5.74. The maximum Gasteiger partial charge on any atom is 0.315 e. The van der Waals surface area contributed by atoms with Gasteiger partial charge in [-0.3, -0.25) is 4.98 Å². The first-order chi connectivity index (χ1) is 12.0. The van der Waals surface area contributed by atoms with Crippen LogP contribution in [0.4, 0.5) is 4.79 Å². The summed E-state index contributed by atoms with van der Waals surface area (Å²) in [4.78, 5) is 16.5. The Morgan fingerprint density at radius 3 is 2.28 bits per heavy atom. The Morgan fingerprint density at radius 2 is 1.72 bits per heavy atom. The Bertz CT molecular complexity index is 653. The molecular weight excluding hydrogens is 310 g/mol. The number of aromatic nitrogens is 1. The molecular formula is C21H29N3O. The van der Waals surface area contributed by atoms with Crippen molar-refractivity contribution in [2.45, 2.75) is 52.6 Å². The molecule has 0 radical (unpaired) electrons. The van der Waals surface area contributed by atoms with Crippen LogP contribution in [0.25, 0.3) is 0 Å². The van der Waals surface area contributed by atoms with E-state index in [4.69, 9.17) is 0 Å². The first kappa shape index (κ1) is 19.0. The molecule has 0 aliphatic carbocycles. The molecule has 4 nitrogen and oxygen atoms in total. The molecule has 2 aromatic rings. The highest BCUT2D eigenvalue weighted by atomic mass is 16.2. The van der Waals surface area contributed by atoms with E-state index < -0.39 is 0 Å². The monoisotopic (exact) mass is 339 g/mol. The molecule has 0 bridgehead atoms. The molecule has 0 unspecified atom stereocenters. The zero-order valence-corrected chi connectivity index (χ0v) is 15.6. The number of benzene rings is 1. The van der Waals surface area contributed by atoms with Crippen LogP contribution in [0.3, 0.4) is 0 Å². The lowest BCUT2D eigenvalue weighted by Crippen LogP contribution is -2.39. The van der Waals surface area contributed by atoms with E-state index >= 15 is 0 Å². The van der Waals surface area contributed by atoms with Crippen molar-refractivity contribution in [2.24, 2.45) is 5.92 Å². The van der Waals surface area contributed by atoms with Gasteiger partial charge in [0, 0.05) is 6.20 Å². The predicted molar refractivity (Wildman–Crippen MR) is 102 cm³/mol. The maximum atomic E-state index is 12.3. The SMILES string of the molecule is CC[C@H](C)c1ccc([C@H](NC(=O)NCc2ccccn2)C(C)C)cc1. The third-order valence-corrected chi connectivity index (χ3v) is 4.59. The van der Waals surface area contributed by atoms with E-state index in [1.54, 1.807) is 6.20 Å². The van der Waals surface area contributed by atoms with Gasteiger partial charge in [0.1, 0.15) is 0 Å². The number of carbonyl (C=O) groups is 1. The van der Waals surface area contributed by atoms with E-state index in [0.717, 1.165) is 17.7 Å². The lowest BCUT2D eigenvalue weighted by atomic mass is 9.92. The Balaban J connectivity index is 1.99. The molecule has 0 aliphatic heterocycles. The summed E-state index contributed by atoms with van der Waals surface area (Å²) in [5.74, 6) is 0.858. The van der Waals surface area contributed by atoms with E-state index in [0.29, 0.717) is 18.4 Å². The van der Waals surface area contributed by atoms with Crippen LogP contribution < -0.4 is 10.6 Å². The summed E-state index contributed by atoms with van der Waals surface area (Å²) in [6.07, 6.45) is 2.85. The van der Waals surface area contributed by atoms with Gasteiger partial charge >= 0.3 is 6.03 Å². The zero-order chi connectivity index (χ0) is 18.2. The Labute approximate surface area is 151 Å². The number of nitrogens with zero attached hydrogens (tertiary/aromatic N) is 1. The summed E-state index contributed by atoms with van der Waals surface area (Å²) in [6.45, 7) is 9.09. The van der Waals surface area contributed by atoms with E-state index in [2.05, 4.69) is 67.6 Å². The molecule has 1 heterocycles. The van der Waals surface area contributed by atoms with Gasteiger partial charge in [-0.2, -0.15) is 0 Å². The average molecular weight is 339 g/mol. The quantitative estimate of drug-likeness (QED) is 0.762. The minimum Gasteiger partial charge on any atom is -0.332 e. The second-order valence-corrected chi connectivity index (χ2v) is 6.85. The van der Waals surface area contributed by atoms with Gasteiger partial charge in [0.05, 0.1) is 18.3 Å². The van der Waals surface area contributed by atoms with Crippen LogP contribution in [0.5, 0.6) is 0 Å². The molecule has 134 valence electrons. The fourth-order valence-corrected chi connectivity index (χ4v) is 2.77. The molecule has 0 spiro atoms. The Kier molecular flexibility index (Phi) is 6.99. The van der Waals surface area contributed by atoms with Gasteiger partial charge in [0.15, 0.2) is 0 Å². The second kappa shape index (κ2) is 9.21. The summed E-state index contributed by atoms with van der Waals surface area (Å²) in [7, 11) is 0. The zero-order valence-electron chi connectivity index (χ0n) is 15.6. The molecule has 25 heavy (non-hydrogen) atoms. The molecule has 2 N–H and O–H groups in total. The van der Waals surface area contributed by atoms with Crippen LogP contribution in [0, 0.1) is 5.92 Å². The first-order valence-corrected chi connectivity index (χ1v) is 9.05. The lowest BCUT2D eigenvalue weighted by molar-refractivity contribution is 0.232. The van der Waals surface area contributed by atoms with Gasteiger partial charge < -0.3 is 10.6 Å². The van der Waals surface area contributed by atoms with E-state index in [1.165, 1.54) is 5.56 Å². The van der Waals surface area contributed by atoms with Crippen molar-refractivity contribution in [3.05, 3.63) is 65.5 Å². The predicted octanol–water partition coefficient (Wildman–Crippen LogP) is 4.79. The summed E-state index contributed by atoms with van der Waals surface area (Å²) in [5, 5.41) is 5.97. The van der Waals surface area contributed by atoms with Gasteiger partial charge in [-0.25, -0.2) is 4.79 Å². The van der Waals surface area contributed by atoms with Gasteiger partial charge in [-0.1, -0.05) is 58.0 Å². The van der Waals surface area contributed by atoms with Crippen LogP contribution in [0.1, 0.15) is 62.9 Å². The topological polar surface area (TPSA) is 54.0 Å². The Morgan fingerprint density at radius 1 is 1.04 bits per heavy atom. The molecule has 0 saturated carbocycles. The van der Waals surface area contributed by atoms with Crippen molar-refractivity contribution >= 4 is 6.03 Å². The van der Waals surface area contributed by atoms with Crippen LogP contribution in [0.15, 0.2) is 48.7 Å². The van der Waals surface area contributed by atoms with Crippen LogP contribution >= 0.6 is 0 Å². The van der Waals surface area contributed by atoms with E-state index in [-0.39, 0.29) is 12.1 Å². The molecule has 1 aromatic heterocycles. The highest BCUT2D eigenvalue weighted by Gasteiger charge is 2.18. The standard InChI is InChI=1S/C21H29N3O/c1-5-16(4)17-9-11-18(12-10-17)20(15(2)3)24-21(25)23-14-19-8-6-7-13-22-19/h6-13,15-16,20H,5,14H2,1-4H3,(H2,23,24,25)/t16-,20+/m0/s1. The summed E-state index contributed by atoms with van der Waals surface area (Å²) < 4.78 is 0. The van der Waals surface area contributed by atoms with Crippen LogP contribution in [0.2, 0.25) is 0 Å². The van der Waals surface area contributed by atoms with Gasteiger partial charge in [-0.05, 0) is 41.5 Å². The molecule has 0 aliphatic rings. The smallest absolute Gasteiger partial charge is 0.315 e. The van der Waals surface area contributed by atoms with Crippen LogP contribution in [-0.2, 0) is 6.54 Å². The number of carbonyl (C=O) groups excluding carboxylic acids is 1. The second-order valence-electron chi connectivity index (χ2n) is 6.85. The average Bonchev–Trinajstić information content (AvgIpc) is 2.64. The Hall–Kier alpha value is -2.36. The van der Waals surface area contributed by atoms with Gasteiger partial charge in [-0.15, -0.1) is 0 Å². The number of urea groups is 1. The van der Waals surface area contributed by atoms with Crippen molar-refractivity contribution in [3.63, 3.8) is 0 Å². The minimum absolute atomic E-state index is 0.0188. The number of hydrogen-bond acceptors (Lipinski definition) is 2. The molecule has 2 rings (SSSR count). The molecule has 4 heteroatoms. The molecule has 1 aromatic carbocycles. The molecule has 2 amide bonds. The largest absolute Gasteiger partial charge is 0.332 e. The number of pyridine rings is 1. The minimum atomic E-state index is -0.171. The van der Waals surface area contributed by atoms with Crippen molar-refractivity contribution in [2.75, 3.05) is 0 Å². The number of nitrogens with one attached hydrogen (secondary N) is 2. The summed E-state index contributed by atoms with van der Waals surface area (Å²) in [5.41, 5.74) is 3.32. The number of hydrogen-bond donors (Lipinski definition) is 2. The van der Waals surface area contributed by atoms with Crippen molar-refractivity contribution in [3.8, 4) is 0 Å². The molecule has 2 atom stereocenters. The summed E-state index contributed by atoms with van der Waals surface area (Å²) >= 11 is 0. The fraction of sp³-hybridized carbons (Fsp3) is 0.429. The van der Waals surface area contributed by atoms with Crippen molar-refractivity contribution in [1.29, 1.82) is 0 Å². The fourth-order valence-electron chi connectivity index (χ4n) is 2.77. The molecule has 0 saturated heterocycles. The molecule has 0 fully saturated rings. The van der Waals surface area contributed by atoms with Gasteiger partial charge in [0.25, 0.3) is 0 Å². The van der Waals surface area contributed by atoms with Gasteiger partial charge in [0.2, 0.25) is 0 Å². The third kappa shape index (κ3) is 5.59. The van der Waals surface area contributed by atoms with Crippen molar-refractivity contribution in [1.82, 2.24) is 15.6 Å². The number of amides is 2. The van der Waals surface area contributed by atoms with Crippen LogP contribution in [-0.4, -0.2) is 11.0 Å². The third-order valence-electron chi connectivity index (χ3n) is 4.59.